The fourth-order valence-electron chi connectivity index (χ4n) is 0.884. The van der Waals surface area contributed by atoms with Crippen LogP contribution in [0.2, 0.25) is 0 Å². The van der Waals surface area contributed by atoms with Crippen LogP contribution in [0.25, 0.3) is 0 Å². The van der Waals surface area contributed by atoms with Crippen LogP contribution in [0.4, 0.5) is 5.69 Å². The summed E-state index contributed by atoms with van der Waals surface area (Å²) >= 11 is 1.16. The Balaban J connectivity index is 2.24. The van der Waals surface area contributed by atoms with Gasteiger partial charge < -0.3 is 9.50 Å². The lowest BCUT2D eigenvalue weighted by Crippen LogP contribution is -2.14. The molecule has 0 fully saturated rings. The van der Waals surface area contributed by atoms with Crippen molar-refractivity contribution < 1.29 is 8.98 Å². The van der Waals surface area contributed by atoms with Crippen LogP contribution in [-0.2, 0) is 8.98 Å². The van der Waals surface area contributed by atoms with Gasteiger partial charge in [-0.3, -0.25) is 0 Å². The van der Waals surface area contributed by atoms with Crippen molar-refractivity contribution in [2.75, 3.05) is 17.6 Å². The second-order valence-electron chi connectivity index (χ2n) is 2.58. The van der Waals surface area contributed by atoms with Crippen LogP contribution in [0.3, 0.4) is 0 Å². The zero-order chi connectivity index (χ0) is 10.2. The maximum absolute atomic E-state index is 11.1. The molecule has 0 amide bonds. The molecule has 0 aliphatic heterocycles. The highest BCUT2D eigenvalue weighted by molar-refractivity contribution is 7.95. The standard InChI is InChI=1S/C10H13NO2S/c1-2-14-13-10(12)8-11-9-6-4-3-5-7-9/h3-7,11H,2,8H2,1H3. The second-order valence-corrected chi connectivity index (χ2v) is 3.56. The smallest absolute Gasteiger partial charge is 0.337 e. The van der Waals surface area contributed by atoms with Crippen LogP contribution < -0.4 is 5.32 Å². The van der Waals surface area contributed by atoms with E-state index in [1.54, 1.807) is 0 Å². The van der Waals surface area contributed by atoms with Crippen LogP contribution in [-0.4, -0.2) is 18.3 Å². The molecule has 3 nitrogen and oxygen atoms in total. The molecular weight excluding hydrogens is 198 g/mol. The van der Waals surface area contributed by atoms with E-state index in [9.17, 15) is 4.79 Å². The summed E-state index contributed by atoms with van der Waals surface area (Å²) in [5.41, 5.74) is 0.922. The number of carbonyl (C=O) groups is 1. The Morgan fingerprint density at radius 1 is 1.43 bits per heavy atom. The molecule has 4 heteroatoms. The summed E-state index contributed by atoms with van der Waals surface area (Å²) in [7, 11) is 0. The van der Waals surface area contributed by atoms with Crippen molar-refractivity contribution in [2.24, 2.45) is 0 Å². The predicted molar refractivity (Wildman–Crippen MR) is 59.2 cm³/mol. The van der Waals surface area contributed by atoms with Crippen LogP contribution >= 0.6 is 12.0 Å². The Labute approximate surface area is 88.0 Å². The SMILES string of the molecule is CCSOC(=O)CNc1ccccc1. The summed E-state index contributed by atoms with van der Waals surface area (Å²) in [4.78, 5) is 11.1. The van der Waals surface area contributed by atoms with Gasteiger partial charge in [0.2, 0.25) is 0 Å². The summed E-state index contributed by atoms with van der Waals surface area (Å²) in [6, 6.07) is 9.56. The Hall–Kier alpha value is -1.16. The van der Waals surface area contributed by atoms with Gasteiger partial charge in [0, 0.05) is 11.4 Å². The number of hydrogen-bond donors (Lipinski definition) is 1. The van der Waals surface area contributed by atoms with Crippen LogP contribution in [0.1, 0.15) is 6.92 Å². The number of rotatable bonds is 5. The van der Waals surface area contributed by atoms with E-state index in [2.05, 4.69) is 5.32 Å². The molecule has 1 N–H and O–H groups in total. The van der Waals surface area contributed by atoms with Crippen molar-refractivity contribution in [3.05, 3.63) is 30.3 Å². The molecule has 0 saturated carbocycles. The van der Waals surface area contributed by atoms with Gasteiger partial charge in [0.25, 0.3) is 0 Å². The van der Waals surface area contributed by atoms with E-state index in [0.717, 1.165) is 23.5 Å². The third-order valence-corrected chi connectivity index (χ3v) is 2.02. The number of anilines is 1. The lowest BCUT2D eigenvalue weighted by molar-refractivity contribution is -0.131. The molecule has 0 heterocycles. The van der Waals surface area contributed by atoms with Crippen molar-refractivity contribution in [2.45, 2.75) is 6.92 Å². The number of carbonyl (C=O) groups excluding carboxylic acids is 1. The lowest BCUT2D eigenvalue weighted by atomic mass is 10.3. The summed E-state index contributed by atoms with van der Waals surface area (Å²) in [6.45, 7) is 2.14. The van der Waals surface area contributed by atoms with E-state index < -0.39 is 0 Å². The van der Waals surface area contributed by atoms with Crippen molar-refractivity contribution >= 4 is 23.7 Å². The van der Waals surface area contributed by atoms with E-state index in [-0.39, 0.29) is 12.5 Å². The molecule has 0 radical (unpaired) electrons. The average Bonchev–Trinajstić information content (AvgIpc) is 2.25. The topological polar surface area (TPSA) is 38.3 Å². The molecule has 1 aromatic carbocycles. The molecule has 0 aliphatic rings. The first-order valence-electron chi connectivity index (χ1n) is 4.44. The van der Waals surface area contributed by atoms with Crippen molar-refractivity contribution in [1.82, 2.24) is 0 Å². The fourth-order valence-corrected chi connectivity index (χ4v) is 1.19. The van der Waals surface area contributed by atoms with E-state index in [0.29, 0.717) is 0 Å². The van der Waals surface area contributed by atoms with E-state index in [1.807, 2.05) is 37.3 Å². The minimum Gasteiger partial charge on any atom is -0.390 e. The van der Waals surface area contributed by atoms with Gasteiger partial charge in [0.15, 0.2) is 0 Å². The van der Waals surface area contributed by atoms with Gasteiger partial charge in [-0.05, 0) is 12.1 Å². The molecule has 76 valence electrons. The Kier molecular flexibility index (Phi) is 4.93. The average molecular weight is 211 g/mol. The van der Waals surface area contributed by atoms with Crippen molar-refractivity contribution in [3.63, 3.8) is 0 Å². The molecular formula is C10H13NO2S. The minimum absolute atomic E-state index is 0.205. The van der Waals surface area contributed by atoms with E-state index in [4.69, 9.17) is 4.18 Å². The van der Waals surface area contributed by atoms with E-state index >= 15 is 0 Å². The quantitative estimate of drug-likeness (QED) is 0.758. The molecule has 0 saturated heterocycles. The van der Waals surface area contributed by atoms with Crippen LogP contribution in [0.15, 0.2) is 30.3 Å². The third-order valence-electron chi connectivity index (χ3n) is 1.48. The van der Waals surface area contributed by atoms with Gasteiger partial charge in [0.05, 0.1) is 12.0 Å². The number of nitrogens with one attached hydrogen (secondary N) is 1. The number of benzene rings is 1. The summed E-state index contributed by atoms with van der Waals surface area (Å²) < 4.78 is 4.83. The molecule has 1 rings (SSSR count). The summed E-state index contributed by atoms with van der Waals surface area (Å²) in [5.74, 6) is 0.526. The molecule has 0 bridgehead atoms. The number of para-hydroxylation sites is 1. The Bertz CT molecular complexity index is 277. The van der Waals surface area contributed by atoms with E-state index in [1.165, 1.54) is 0 Å². The van der Waals surface area contributed by atoms with Gasteiger partial charge in [-0.2, -0.15) is 0 Å². The summed E-state index contributed by atoms with van der Waals surface area (Å²) in [5, 5.41) is 2.97. The first-order chi connectivity index (χ1) is 6.83. The highest BCUT2D eigenvalue weighted by Crippen LogP contribution is 2.05. The monoisotopic (exact) mass is 211 g/mol. The van der Waals surface area contributed by atoms with Crippen LogP contribution in [0.5, 0.6) is 0 Å². The zero-order valence-corrected chi connectivity index (χ0v) is 8.84. The molecule has 0 aromatic heterocycles. The predicted octanol–water partition coefficient (Wildman–Crippen LogP) is 2.31. The molecule has 0 atom stereocenters. The Morgan fingerprint density at radius 3 is 2.79 bits per heavy atom. The maximum atomic E-state index is 11.1. The molecule has 0 aliphatic carbocycles. The van der Waals surface area contributed by atoms with Gasteiger partial charge in [-0.15, -0.1) is 0 Å². The highest BCUT2D eigenvalue weighted by atomic mass is 32.2. The van der Waals surface area contributed by atoms with Gasteiger partial charge in [-0.25, -0.2) is 4.79 Å². The first kappa shape index (κ1) is 10.9. The fraction of sp³-hybridized carbons (Fsp3) is 0.300. The normalized spacial score (nSPS) is 9.50. The first-order valence-corrected chi connectivity index (χ1v) is 5.35. The largest absolute Gasteiger partial charge is 0.390 e. The molecule has 1 aromatic rings. The number of hydrogen-bond acceptors (Lipinski definition) is 4. The lowest BCUT2D eigenvalue weighted by Gasteiger charge is -2.04. The van der Waals surface area contributed by atoms with Gasteiger partial charge in [-0.1, -0.05) is 25.1 Å². The zero-order valence-electron chi connectivity index (χ0n) is 8.03. The minimum atomic E-state index is -0.249. The van der Waals surface area contributed by atoms with Gasteiger partial charge in [0.1, 0.15) is 6.54 Å². The summed E-state index contributed by atoms with van der Waals surface area (Å²) in [6.07, 6.45) is 0. The molecule has 0 spiro atoms. The second kappa shape index (κ2) is 6.32. The molecule has 14 heavy (non-hydrogen) atoms. The highest BCUT2D eigenvalue weighted by Gasteiger charge is 2.01. The van der Waals surface area contributed by atoms with Crippen molar-refractivity contribution in [3.8, 4) is 0 Å². The third kappa shape index (κ3) is 4.18. The van der Waals surface area contributed by atoms with Crippen LogP contribution in [0, 0.1) is 0 Å². The van der Waals surface area contributed by atoms with Gasteiger partial charge >= 0.3 is 5.97 Å². The maximum Gasteiger partial charge on any atom is 0.337 e. The van der Waals surface area contributed by atoms with Crippen molar-refractivity contribution in [1.29, 1.82) is 0 Å². The Morgan fingerprint density at radius 2 is 2.14 bits per heavy atom. The molecule has 0 unspecified atom stereocenters.